The molecule has 0 aliphatic carbocycles. The number of rotatable bonds is 3. The third kappa shape index (κ3) is 3.10. The Morgan fingerprint density at radius 2 is 2.26 bits per heavy atom. The fourth-order valence-electron chi connectivity index (χ4n) is 2.09. The molecule has 0 aromatic carbocycles. The molecule has 1 aliphatic rings. The van der Waals surface area contributed by atoms with Gasteiger partial charge in [-0.15, -0.1) is 11.3 Å². The van der Waals surface area contributed by atoms with Crippen molar-refractivity contribution in [1.29, 1.82) is 0 Å². The van der Waals surface area contributed by atoms with Crippen LogP contribution >= 0.6 is 11.3 Å². The van der Waals surface area contributed by atoms with Gasteiger partial charge in [-0.2, -0.15) is 0 Å². The van der Waals surface area contributed by atoms with E-state index < -0.39 is 12.0 Å². The molecule has 0 bridgehead atoms. The molecular weight excluding hydrogens is 268 g/mol. The second-order valence-electron chi connectivity index (χ2n) is 4.43. The van der Waals surface area contributed by atoms with Crippen molar-refractivity contribution in [1.82, 2.24) is 9.88 Å². The van der Waals surface area contributed by atoms with Gasteiger partial charge in [-0.3, -0.25) is 4.79 Å². The van der Waals surface area contributed by atoms with E-state index in [2.05, 4.69) is 4.98 Å². The van der Waals surface area contributed by atoms with E-state index in [0.29, 0.717) is 13.2 Å². The van der Waals surface area contributed by atoms with Gasteiger partial charge in [0.25, 0.3) is 0 Å². The molecule has 1 aromatic rings. The lowest BCUT2D eigenvalue weighted by atomic mass is 10.2. The Labute approximate surface area is 115 Å². The van der Waals surface area contributed by atoms with Crippen molar-refractivity contribution < 1.29 is 19.4 Å². The smallest absolute Gasteiger partial charge is 0.328 e. The maximum absolute atomic E-state index is 12.2. The van der Waals surface area contributed by atoms with Gasteiger partial charge in [0.1, 0.15) is 0 Å². The molecule has 7 heteroatoms. The number of carboxylic acids is 1. The van der Waals surface area contributed by atoms with Crippen LogP contribution in [0.25, 0.3) is 0 Å². The summed E-state index contributed by atoms with van der Waals surface area (Å²) in [6.07, 6.45) is 0.153. The van der Waals surface area contributed by atoms with Gasteiger partial charge in [0.2, 0.25) is 5.91 Å². The SMILES string of the molecule is Cc1nc(CC(=O)N2CCOCC2C(=O)O)c(C)s1. The molecule has 0 radical (unpaired) electrons. The summed E-state index contributed by atoms with van der Waals surface area (Å²) in [5.41, 5.74) is 0.739. The number of carboxylic acid groups (broad SMARTS) is 1. The normalized spacial score (nSPS) is 19.5. The quantitative estimate of drug-likeness (QED) is 0.880. The van der Waals surface area contributed by atoms with Crippen molar-refractivity contribution in [2.24, 2.45) is 0 Å². The number of aromatic nitrogens is 1. The Morgan fingerprint density at radius 3 is 2.84 bits per heavy atom. The molecule has 1 atom stereocenters. The maximum Gasteiger partial charge on any atom is 0.328 e. The first-order chi connectivity index (χ1) is 8.99. The second-order valence-corrected chi connectivity index (χ2v) is 5.84. The molecule has 2 heterocycles. The highest BCUT2D eigenvalue weighted by molar-refractivity contribution is 7.11. The van der Waals surface area contributed by atoms with Gasteiger partial charge >= 0.3 is 5.97 Å². The van der Waals surface area contributed by atoms with Crippen LogP contribution in [0, 0.1) is 13.8 Å². The number of nitrogens with zero attached hydrogens (tertiary/aromatic N) is 2. The van der Waals surface area contributed by atoms with Gasteiger partial charge in [-0.05, 0) is 13.8 Å². The predicted molar refractivity (Wildman–Crippen MR) is 69.2 cm³/mol. The van der Waals surface area contributed by atoms with Crippen molar-refractivity contribution >= 4 is 23.2 Å². The monoisotopic (exact) mass is 284 g/mol. The standard InChI is InChI=1S/C12H16N2O4S/c1-7-9(13-8(2)19-7)5-11(15)14-3-4-18-6-10(14)12(16)17/h10H,3-6H2,1-2H3,(H,16,17). The summed E-state index contributed by atoms with van der Waals surface area (Å²) in [7, 11) is 0. The van der Waals surface area contributed by atoms with E-state index >= 15 is 0 Å². The molecule has 19 heavy (non-hydrogen) atoms. The van der Waals surface area contributed by atoms with Crippen molar-refractivity contribution in [2.45, 2.75) is 26.3 Å². The zero-order chi connectivity index (χ0) is 14.0. The lowest BCUT2D eigenvalue weighted by molar-refractivity contribution is -0.158. The van der Waals surface area contributed by atoms with Crippen LogP contribution < -0.4 is 0 Å². The van der Waals surface area contributed by atoms with Gasteiger partial charge < -0.3 is 14.7 Å². The average molecular weight is 284 g/mol. The second kappa shape index (κ2) is 5.66. The molecule has 1 N–H and O–H groups in total. The predicted octanol–water partition coefficient (Wildman–Crippen LogP) is 0.614. The minimum absolute atomic E-state index is 0.0517. The molecule has 104 valence electrons. The summed E-state index contributed by atoms with van der Waals surface area (Å²) >= 11 is 1.54. The number of amides is 1. The molecule has 2 rings (SSSR count). The van der Waals surface area contributed by atoms with Crippen LogP contribution in [0.4, 0.5) is 0 Å². The number of aliphatic carboxylic acids is 1. The molecule has 1 fully saturated rings. The van der Waals surface area contributed by atoms with Crippen LogP contribution in [0.5, 0.6) is 0 Å². The van der Waals surface area contributed by atoms with Gasteiger partial charge in [0.15, 0.2) is 6.04 Å². The van der Waals surface area contributed by atoms with Crippen molar-refractivity contribution in [3.05, 3.63) is 15.6 Å². The Morgan fingerprint density at radius 1 is 1.53 bits per heavy atom. The summed E-state index contributed by atoms with van der Waals surface area (Å²) in [6.45, 7) is 4.56. The number of aryl methyl sites for hydroxylation is 2. The van der Waals surface area contributed by atoms with Crippen LogP contribution in [0.2, 0.25) is 0 Å². The minimum Gasteiger partial charge on any atom is -0.480 e. The van der Waals surface area contributed by atoms with E-state index in [1.54, 1.807) is 11.3 Å². The highest BCUT2D eigenvalue weighted by Gasteiger charge is 2.32. The molecule has 1 saturated heterocycles. The number of morpholine rings is 1. The molecule has 0 spiro atoms. The maximum atomic E-state index is 12.2. The number of thiazole rings is 1. The largest absolute Gasteiger partial charge is 0.480 e. The lowest BCUT2D eigenvalue weighted by Crippen LogP contribution is -2.53. The van der Waals surface area contributed by atoms with Crippen LogP contribution in [-0.2, 0) is 20.7 Å². The summed E-state index contributed by atoms with van der Waals surface area (Å²) < 4.78 is 5.11. The highest BCUT2D eigenvalue weighted by atomic mass is 32.1. The summed E-state index contributed by atoms with van der Waals surface area (Å²) in [5.74, 6) is -1.23. The highest BCUT2D eigenvalue weighted by Crippen LogP contribution is 2.18. The fraction of sp³-hybridized carbons (Fsp3) is 0.583. The van der Waals surface area contributed by atoms with Crippen LogP contribution in [0.15, 0.2) is 0 Å². The molecule has 1 amide bonds. The Hall–Kier alpha value is -1.47. The number of hydrogen-bond donors (Lipinski definition) is 1. The van der Waals surface area contributed by atoms with Crippen LogP contribution in [-0.4, -0.2) is 52.7 Å². The van der Waals surface area contributed by atoms with E-state index in [0.717, 1.165) is 15.6 Å². The Balaban J connectivity index is 2.09. The number of carbonyl (C=O) groups is 2. The average Bonchev–Trinajstić information content (AvgIpc) is 2.67. The number of carbonyl (C=O) groups excluding carboxylic acids is 1. The third-order valence-corrected chi connectivity index (χ3v) is 3.98. The molecule has 1 unspecified atom stereocenters. The first kappa shape index (κ1) is 14.0. The molecule has 0 saturated carbocycles. The fourth-order valence-corrected chi connectivity index (χ4v) is 2.92. The Kier molecular flexibility index (Phi) is 4.16. The van der Waals surface area contributed by atoms with E-state index in [-0.39, 0.29) is 18.9 Å². The van der Waals surface area contributed by atoms with Gasteiger partial charge in [-0.25, -0.2) is 9.78 Å². The van der Waals surface area contributed by atoms with Crippen LogP contribution in [0.1, 0.15) is 15.6 Å². The van der Waals surface area contributed by atoms with E-state index in [4.69, 9.17) is 9.84 Å². The summed E-state index contributed by atoms with van der Waals surface area (Å²) in [6, 6.07) is -0.888. The number of ether oxygens (including phenoxy) is 1. The molecule has 1 aromatic heterocycles. The summed E-state index contributed by atoms with van der Waals surface area (Å²) in [4.78, 5) is 30.0. The topological polar surface area (TPSA) is 79.7 Å². The van der Waals surface area contributed by atoms with E-state index in [9.17, 15) is 9.59 Å². The minimum atomic E-state index is -1.03. The summed E-state index contributed by atoms with van der Waals surface area (Å²) in [5, 5.41) is 10.0. The van der Waals surface area contributed by atoms with Crippen molar-refractivity contribution in [3.8, 4) is 0 Å². The zero-order valence-corrected chi connectivity index (χ0v) is 11.7. The van der Waals surface area contributed by atoms with Crippen molar-refractivity contribution in [3.63, 3.8) is 0 Å². The molecule has 6 nitrogen and oxygen atoms in total. The number of hydrogen-bond acceptors (Lipinski definition) is 5. The molecule has 1 aliphatic heterocycles. The van der Waals surface area contributed by atoms with Gasteiger partial charge in [0, 0.05) is 11.4 Å². The lowest BCUT2D eigenvalue weighted by Gasteiger charge is -2.32. The first-order valence-corrected chi connectivity index (χ1v) is 6.83. The first-order valence-electron chi connectivity index (χ1n) is 6.02. The Bertz CT molecular complexity index is 500. The zero-order valence-electron chi connectivity index (χ0n) is 10.9. The van der Waals surface area contributed by atoms with Gasteiger partial charge in [0.05, 0.1) is 30.3 Å². The van der Waals surface area contributed by atoms with Crippen LogP contribution in [0.3, 0.4) is 0 Å². The van der Waals surface area contributed by atoms with E-state index in [1.165, 1.54) is 4.90 Å². The third-order valence-electron chi connectivity index (χ3n) is 3.05. The van der Waals surface area contributed by atoms with E-state index in [1.807, 2.05) is 13.8 Å². The van der Waals surface area contributed by atoms with Crippen molar-refractivity contribution in [2.75, 3.05) is 19.8 Å². The van der Waals surface area contributed by atoms with Gasteiger partial charge in [-0.1, -0.05) is 0 Å². The molecular formula is C12H16N2O4S.